The summed E-state index contributed by atoms with van der Waals surface area (Å²) in [5, 5.41) is 3.14. The van der Waals surface area contributed by atoms with Crippen molar-refractivity contribution < 1.29 is 17.5 Å². The minimum atomic E-state index is -3.65. The van der Waals surface area contributed by atoms with E-state index < -0.39 is 10.0 Å². The third-order valence-electron chi connectivity index (χ3n) is 7.05. The molecular formula is C29H30FN5O3S. The zero-order chi connectivity index (χ0) is 27.4. The topological polar surface area (TPSA) is 110 Å². The fourth-order valence-electron chi connectivity index (χ4n) is 4.76. The second-order valence-electron chi connectivity index (χ2n) is 9.46. The Morgan fingerprint density at radius 1 is 0.974 bits per heavy atom. The number of rotatable bonds is 8. The number of halogens is 1. The summed E-state index contributed by atoms with van der Waals surface area (Å²) in [6, 6.07) is 21.9. The van der Waals surface area contributed by atoms with Gasteiger partial charge in [0, 0.05) is 36.6 Å². The van der Waals surface area contributed by atoms with Crippen molar-refractivity contribution >= 4 is 21.7 Å². The molecule has 0 bridgehead atoms. The van der Waals surface area contributed by atoms with Crippen molar-refractivity contribution in [1.82, 2.24) is 14.3 Å². The first kappa shape index (κ1) is 26.7. The minimum absolute atomic E-state index is 0.127. The standard InChI is InChI=1S/C29H30FN5O3S/c1-38-25-10-4-20(5-11-25)27-14-17-32-29(34-27)33-24-8-12-26(13-9-24)39(36,37)35-18-15-22(16-19-35)28(31)21-2-6-23(30)7-3-21/h2-14,17,22,28H,15-16,18-19,31H2,1H3,(H,32,33,34). The average molecular weight is 548 g/mol. The lowest BCUT2D eigenvalue weighted by Gasteiger charge is -2.34. The molecule has 202 valence electrons. The van der Waals surface area contributed by atoms with Crippen molar-refractivity contribution in [1.29, 1.82) is 0 Å². The number of nitrogens with one attached hydrogen (secondary N) is 1. The lowest BCUT2D eigenvalue weighted by atomic mass is 9.86. The quantitative estimate of drug-likeness (QED) is 0.314. The van der Waals surface area contributed by atoms with Crippen LogP contribution in [0.15, 0.2) is 90.0 Å². The van der Waals surface area contributed by atoms with Gasteiger partial charge in [0.25, 0.3) is 0 Å². The van der Waals surface area contributed by atoms with Gasteiger partial charge in [-0.05, 0) is 91.1 Å². The van der Waals surface area contributed by atoms with E-state index in [0.717, 1.165) is 22.6 Å². The summed E-state index contributed by atoms with van der Waals surface area (Å²) in [6.45, 7) is 0.766. The molecule has 0 saturated carbocycles. The fourth-order valence-corrected chi connectivity index (χ4v) is 6.23. The molecule has 5 rings (SSSR count). The van der Waals surface area contributed by atoms with Gasteiger partial charge in [0.05, 0.1) is 17.7 Å². The molecule has 39 heavy (non-hydrogen) atoms. The highest BCUT2D eigenvalue weighted by Gasteiger charge is 2.32. The summed E-state index contributed by atoms with van der Waals surface area (Å²) in [5.74, 6) is 0.988. The summed E-state index contributed by atoms with van der Waals surface area (Å²) in [5.41, 5.74) is 9.61. The molecule has 4 aromatic rings. The van der Waals surface area contributed by atoms with Crippen LogP contribution in [0.3, 0.4) is 0 Å². The van der Waals surface area contributed by atoms with Crippen LogP contribution in [-0.2, 0) is 10.0 Å². The van der Waals surface area contributed by atoms with Crippen molar-refractivity contribution in [2.75, 3.05) is 25.5 Å². The van der Waals surface area contributed by atoms with Crippen LogP contribution in [0, 0.1) is 11.7 Å². The van der Waals surface area contributed by atoms with Crippen LogP contribution in [0.1, 0.15) is 24.4 Å². The Bertz CT molecular complexity index is 1510. The molecule has 3 aromatic carbocycles. The number of aromatic nitrogens is 2. The van der Waals surface area contributed by atoms with Gasteiger partial charge in [-0.25, -0.2) is 22.8 Å². The van der Waals surface area contributed by atoms with Gasteiger partial charge in [0.2, 0.25) is 16.0 Å². The monoisotopic (exact) mass is 547 g/mol. The first-order chi connectivity index (χ1) is 18.8. The number of anilines is 2. The van der Waals surface area contributed by atoms with Crippen LogP contribution in [0.25, 0.3) is 11.3 Å². The molecule has 0 radical (unpaired) electrons. The second kappa shape index (κ2) is 11.5. The van der Waals surface area contributed by atoms with E-state index in [9.17, 15) is 12.8 Å². The summed E-state index contributed by atoms with van der Waals surface area (Å²) in [6.07, 6.45) is 2.94. The molecule has 1 aromatic heterocycles. The molecule has 10 heteroatoms. The highest BCUT2D eigenvalue weighted by molar-refractivity contribution is 7.89. The van der Waals surface area contributed by atoms with Gasteiger partial charge in [0.15, 0.2) is 0 Å². The second-order valence-corrected chi connectivity index (χ2v) is 11.4. The van der Waals surface area contributed by atoms with Crippen LogP contribution in [0.2, 0.25) is 0 Å². The number of nitrogens with zero attached hydrogens (tertiary/aromatic N) is 3. The van der Waals surface area contributed by atoms with Crippen LogP contribution in [0.4, 0.5) is 16.0 Å². The Labute approximate surface area is 227 Å². The molecule has 0 amide bonds. The van der Waals surface area contributed by atoms with E-state index in [1.165, 1.54) is 16.4 Å². The summed E-state index contributed by atoms with van der Waals surface area (Å²) in [4.78, 5) is 9.08. The number of benzene rings is 3. The van der Waals surface area contributed by atoms with Crippen molar-refractivity contribution in [2.45, 2.75) is 23.8 Å². The normalized spacial score (nSPS) is 15.6. The molecule has 1 aliphatic rings. The lowest BCUT2D eigenvalue weighted by Crippen LogP contribution is -2.40. The van der Waals surface area contributed by atoms with E-state index in [2.05, 4.69) is 15.3 Å². The maximum absolute atomic E-state index is 13.3. The minimum Gasteiger partial charge on any atom is -0.497 e. The Morgan fingerprint density at radius 2 is 1.64 bits per heavy atom. The molecule has 0 spiro atoms. The largest absolute Gasteiger partial charge is 0.497 e. The zero-order valence-corrected chi connectivity index (χ0v) is 22.3. The molecule has 2 heterocycles. The molecule has 3 N–H and O–H groups in total. The van der Waals surface area contributed by atoms with E-state index in [0.29, 0.717) is 37.6 Å². The van der Waals surface area contributed by atoms with Crippen LogP contribution in [-0.4, -0.2) is 42.9 Å². The SMILES string of the molecule is COc1ccc(-c2ccnc(Nc3ccc(S(=O)(=O)N4CCC(C(N)c5ccc(F)cc5)CC4)cc3)n2)cc1. The Hall–Kier alpha value is -3.86. The van der Waals surface area contributed by atoms with Crippen LogP contribution in [0.5, 0.6) is 5.75 Å². The average Bonchev–Trinajstić information content (AvgIpc) is 2.98. The molecule has 1 aliphatic heterocycles. The van der Waals surface area contributed by atoms with Gasteiger partial charge < -0.3 is 15.8 Å². The molecule has 0 aliphatic carbocycles. The number of hydrogen-bond acceptors (Lipinski definition) is 7. The third-order valence-corrected chi connectivity index (χ3v) is 8.96. The predicted molar refractivity (Wildman–Crippen MR) is 149 cm³/mol. The summed E-state index contributed by atoms with van der Waals surface area (Å²) in [7, 11) is -2.03. The lowest BCUT2D eigenvalue weighted by molar-refractivity contribution is 0.245. The number of methoxy groups -OCH3 is 1. The Morgan fingerprint density at radius 3 is 2.28 bits per heavy atom. The molecule has 1 fully saturated rings. The predicted octanol–water partition coefficient (Wildman–Crippen LogP) is 5.14. The fraction of sp³-hybridized carbons (Fsp3) is 0.241. The molecular weight excluding hydrogens is 517 g/mol. The van der Waals surface area contributed by atoms with Gasteiger partial charge >= 0.3 is 0 Å². The van der Waals surface area contributed by atoms with Gasteiger partial charge in [-0.3, -0.25) is 0 Å². The molecule has 8 nitrogen and oxygen atoms in total. The van der Waals surface area contributed by atoms with Gasteiger partial charge in [0.1, 0.15) is 11.6 Å². The van der Waals surface area contributed by atoms with Crippen molar-refractivity contribution in [3.63, 3.8) is 0 Å². The van der Waals surface area contributed by atoms with Gasteiger partial charge in [-0.1, -0.05) is 12.1 Å². The smallest absolute Gasteiger partial charge is 0.243 e. The number of nitrogens with two attached hydrogens (primary N) is 1. The first-order valence-corrected chi connectivity index (χ1v) is 14.1. The molecule has 1 unspecified atom stereocenters. The maximum Gasteiger partial charge on any atom is 0.243 e. The molecule has 1 saturated heterocycles. The maximum atomic E-state index is 13.3. The first-order valence-electron chi connectivity index (χ1n) is 12.7. The van der Waals surface area contributed by atoms with Crippen molar-refractivity contribution in [2.24, 2.45) is 11.7 Å². The highest BCUT2D eigenvalue weighted by Crippen LogP contribution is 2.32. The van der Waals surface area contributed by atoms with Crippen molar-refractivity contribution in [3.8, 4) is 17.0 Å². The van der Waals surface area contributed by atoms with Gasteiger partial charge in [-0.2, -0.15) is 4.31 Å². The van der Waals surface area contributed by atoms with Crippen molar-refractivity contribution in [3.05, 3.63) is 96.4 Å². The molecule has 1 atom stereocenters. The number of ether oxygens (including phenoxy) is 1. The summed E-state index contributed by atoms with van der Waals surface area (Å²) < 4.78 is 46.5. The summed E-state index contributed by atoms with van der Waals surface area (Å²) >= 11 is 0. The Balaban J connectivity index is 1.21. The van der Waals surface area contributed by atoms with E-state index in [-0.39, 0.29) is 22.7 Å². The van der Waals surface area contributed by atoms with E-state index in [4.69, 9.17) is 10.5 Å². The number of sulfonamides is 1. The van der Waals surface area contributed by atoms with Crippen LogP contribution >= 0.6 is 0 Å². The van der Waals surface area contributed by atoms with E-state index in [1.807, 2.05) is 30.3 Å². The zero-order valence-electron chi connectivity index (χ0n) is 21.5. The van der Waals surface area contributed by atoms with E-state index in [1.54, 1.807) is 49.7 Å². The van der Waals surface area contributed by atoms with E-state index >= 15 is 0 Å². The third kappa shape index (κ3) is 6.08. The highest BCUT2D eigenvalue weighted by atomic mass is 32.2. The van der Waals surface area contributed by atoms with Crippen LogP contribution < -0.4 is 15.8 Å². The number of hydrogen-bond donors (Lipinski definition) is 2. The Kier molecular flexibility index (Phi) is 7.87. The van der Waals surface area contributed by atoms with Gasteiger partial charge in [-0.15, -0.1) is 0 Å². The number of piperidine rings is 1.